The summed E-state index contributed by atoms with van der Waals surface area (Å²) in [6, 6.07) is 13.2. The summed E-state index contributed by atoms with van der Waals surface area (Å²) in [5, 5.41) is 3.62. The zero-order valence-electron chi connectivity index (χ0n) is 13.7. The van der Waals surface area contributed by atoms with E-state index >= 15 is 0 Å². The van der Waals surface area contributed by atoms with Crippen LogP contribution in [0.3, 0.4) is 0 Å². The molecule has 2 heterocycles. The maximum absolute atomic E-state index is 12.8. The summed E-state index contributed by atoms with van der Waals surface area (Å²) in [5.74, 6) is 0. The van der Waals surface area contributed by atoms with Gasteiger partial charge in [0.25, 0.3) is 0 Å². The third kappa shape index (κ3) is 3.46. The molecule has 6 heteroatoms. The first-order valence-corrected chi connectivity index (χ1v) is 8.83. The molecule has 0 saturated heterocycles. The minimum Gasteiger partial charge on any atom is -0.316 e. The average molecular weight is 355 g/mol. The Labute approximate surface area is 151 Å². The van der Waals surface area contributed by atoms with E-state index in [1.165, 1.54) is 6.42 Å². The van der Waals surface area contributed by atoms with E-state index in [4.69, 9.17) is 11.6 Å². The molecule has 0 unspecified atom stereocenters. The lowest BCUT2D eigenvalue weighted by Gasteiger charge is -2.37. The highest BCUT2D eigenvalue weighted by molar-refractivity contribution is 6.30. The number of nitrogens with zero attached hydrogens (tertiary/aromatic N) is 3. The summed E-state index contributed by atoms with van der Waals surface area (Å²) in [6.07, 6.45) is 7.20. The number of hydrogen-bond acceptors (Lipinski definition) is 2. The van der Waals surface area contributed by atoms with Crippen molar-refractivity contribution in [1.29, 1.82) is 0 Å². The zero-order chi connectivity index (χ0) is 17.2. The van der Waals surface area contributed by atoms with Crippen LogP contribution in [-0.2, 0) is 6.54 Å². The van der Waals surface area contributed by atoms with Crippen LogP contribution in [0, 0.1) is 0 Å². The molecule has 25 heavy (non-hydrogen) atoms. The fraction of sp³-hybridized carbons (Fsp3) is 0.263. The Bertz CT molecular complexity index is 853. The molecule has 1 aromatic carbocycles. The Morgan fingerprint density at radius 2 is 2.04 bits per heavy atom. The zero-order valence-corrected chi connectivity index (χ0v) is 14.5. The molecule has 0 atom stereocenters. The monoisotopic (exact) mass is 354 g/mol. The van der Waals surface area contributed by atoms with Gasteiger partial charge in [-0.3, -0.25) is 0 Å². The normalized spacial score (nSPS) is 14.3. The molecule has 2 aromatic heterocycles. The number of carbonyl (C=O) groups is 1. The summed E-state index contributed by atoms with van der Waals surface area (Å²) >= 11 is 5.91. The van der Waals surface area contributed by atoms with Crippen LogP contribution in [0.4, 0.5) is 10.5 Å². The highest BCUT2D eigenvalue weighted by Gasteiger charge is 2.29. The molecule has 1 aliphatic carbocycles. The fourth-order valence-corrected chi connectivity index (χ4v) is 3.16. The molecule has 1 N–H and O–H groups in total. The van der Waals surface area contributed by atoms with Gasteiger partial charge in [0.1, 0.15) is 5.65 Å². The highest BCUT2D eigenvalue weighted by Crippen LogP contribution is 2.27. The molecule has 5 nitrogen and oxygen atoms in total. The van der Waals surface area contributed by atoms with Crippen LogP contribution >= 0.6 is 11.6 Å². The molecule has 4 rings (SSSR count). The van der Waals surface area contributed by atoms with Gasteiger partial charge in [0.05, 0.1) is 12.2 Å². The number of anilines is 1. The first kappa shape index (κ1) is 16.0. The maximum Gasteiger partial charge on any atom is 0.322 e. The van der Waals surface area contributed by atoms with Gasteiger partial charge in [-0.15, -0.1) is 0 Å². The molecule has 2 amide bonds. The Morgan fingerprint density at radius 3 is 2.72 bits per heavy atom. The Kier molecular flexibility index (Phi) is 4.32. The van der Waals surface area contributed by atoms with Gasteiger partial charge < -0.3 is 14.6 Å². The molecule has 0 aliphatic heterocycles. The quantitative estimate of drug-likeness (QED) is 0.745. The van der Waals surface area contributed by atoms with Gasteiger partial charge in [-0.1, -0.05) is 17.7 Å². The lowest BCUT2D eigenvalue weighted by atomic mass is 9.91. The second-order valence-corrected chi connectivity index (χ2v) is 6.78. The molecule has 3 aromatic rings. The smallest absolute Gasteiger partial charge is 0.316 e. The van der Waals surface area contributed by atoms with E-state index in [1.807, 2.05) is 52.0 Å². The van der Waals surface area contributed by atoms with E-state index in [9.17, 15) is 4.79 Å². The second kappa shape index (κ2) is 6.76. The van der Waals surface area contributed by atoms with E-state index in [2.05, 4.69) is 10.3 Å². The van der Waals surface area contributed by atoms with Gasteiger partial charge in [0, 0.05) is 29.1 Å². The van der Waals surface area contributed by atoms with Crippen molar-refractivity contribution in [3.63, 3.8) is 0 Å². The number of benzene rings is 1. The standard InChI is InChI=1S/C19H19ClN4O/c20-14-7-9-15(10-8-14)22-19(25)24(17-4-3-5-17)13-16-12-23-11-2-1-6-18(23)21-16/h1-2,6-12,17H,3-5,13H2,(H,22,25). The number of carbonyl (C=O) groups excluding carboxylic acids is 1. The molecular weight excluding hydrogens is 336 g/mol. The number of halogens is 1. The van der Waals surface area contributed by atoms with Crippen molar-refractivity contribution in [1.82, 2.24) is 14.3 Å². The molecule has 1 saturated carbocycles. The largest absolute Gasteiger partial charge is 0.322 e. The summed E-state index contributed by atoms with van der Waals surface area (Å²) in [6.45, 7) is 0.506. The Balaban J connectivity index is 1.52. The number of fused-ring (bicyclic) bond motifs is 1. The van der Waals surface area contributed by atoms with E-state index in [0.29, 0.717) is 11.6 Å². The van der Waals surface area contributed by atoms with Crippen LogP contribution in [0.5, 0.6) is 0 Å². The molecule has 1 fully saturated rings. The van der Waals surface area contributed by atoms with Crippen molar-refractivity contribution in [2.75, 3.05) is 5.32 Å². The van der Waals surface area contributed by atoms with Gasteiger partial charge in [0.15, 0.2) is 0 Å². The van der Waals surface area contributed by atoms with Crippen molar-refractivity contribution in [3.05, 3.63) is 65.6 Å². The van der Waals surface area contributed by atoms with Crippen molar-refractivity contribution in [3.8, 4) is 0 Å². The number of nitrogens with one attached hydrogen (secondary N) is 1. The summed E-state index contributed by atoms with van der Waals surface area (Å²) in [7, 11) is 0. The van der Waals surface area contributed by atoms with Crippen molar-refractivity contribution < 1.29 is 4.79 Å². The van der Waals surface area contributed by atoms with Crippen LogP contribution in [0.1, 0.15) is 25.0 Å². The minimum atomic E-state index is -0.0934. The van der Waals surface area contributed by atoms with E-state index in [0.717, 1.165) is 29.9 Å². The minimum absolute atomic E-state index is 0.0934. The molecular formula is C19H19ClN4O. The lowest BCUT2D eigenvalue weighted by molar-refractivity contribution is 0.143. The Morgan fingerprint density at radius 1 is 1.24 bits per heavy atom. The van der Waals surface area contributed by atoms with E-state index in [-0.39, 0.29) is 12.1 Å². The van der Waals surface area contributed by atoms with Crippen molar-refractivity contribution in [2.45, 2.75) is 31.8 Å². The number of aromatic nitrogens is 2. The number of pyridine rings is 1. The van der Waals surface area contributed by atoms with Crippen LogP contribution in [0.25, 0.3) is 5.65 Å². The predicted octanol–water partition coefficient (Wildman–Crippen LogP) is 4.57. The number of urea groups is 1. The third-order valence-electron chi connectivity index (χ3n) is 4.62. The number of imidazole rings is 1. The second-order valence-electron chi connectivity index (χ2n) is 6.35. The fourth-order valence-electron chi connectivity index (χ4n) is 3.03. The first-order chi connectivity index (χ1) is 12.2. The van der Waals surface area contributed by atoms with Crippen LogP contribution in [0.15, 0.2) is 54.9 Å². The highest BCUT2D eigenvalue weighted by atomic mass is 35.5. The van der Waals surface area contributed by atoms with Crippen molar-refractivity contribution in [2.24, 2.45) is 0 Å². The number of amides is 2. The maximum atomic E-state index is 12.8. The molecule has 1 aliphatic rings. The van der Waals surface area contributed by atoms with Crippen LogP contribution in [-0.4, -0.2) is 26.4 Å². The number of rotatable bonds is 4. The van der Waals surface area contributed by atoms with Crippen LogP contribution < -0.4 is 5.32 Å². The third-order valence-corrected chi connectivity index (χ3v) is 4.87. The van der Waals surface area contributed by atoms with Crippen molar-refractivity contribution >= 4 is 29.0 Å². The van der Waals surface area contributed by atoms with E-state index < -0.39 is 0 Å². The lowest BCUT2D eigenvalue weighted by Crippen LogP contribution is -2.45. The van der Waals surface area contributed by atoms with Gasteiger partial charge in [-0.2, -0.15) is 0 Å². The van der Waals surface area contributed by atoms with Gasteiger partial charge in [0.2, 0.25) is 0 Å². The van der Waals surface area contributed by atoms with Gasteiger partial charge in [-0.25, -0.2) is 9.78 Å². The summed E-state index contributed by atoms with van der Waals surface area (Å²) in [4.78, 5) is 19.3. The van der Waals surface area contributed by atoms with Gasteiger partial charge in [-0.05, 0) is 55.7 Å². The average Bonchev–Trinajstić information content (AvgIpc) is 2.97. The predicted molar refractivity (Wildman–Crippen MR) is 98.8 cm³/mol. The summed E-state index contributed by atoms with van der Waals surface area (Å²) in [5.41, 5.74) is 2.53. The summed E-state index contributed by atoms with van der Waals surface area (Å²) < 4.78 is 1.98. The molecule has 0 spiro atoms. The molecule has 0 bridgehead atoms. The molecule has 0 radical (unpaired) electrons. The van der Waals surface area contributed by atoms with Crippen LogP contribution in [0.2, 0.25) is 5.02 Å². The SMILES string of the molecule is O=C(Nc1ccc(Cl)cc1)N(Cc1cn2ccccc2n1)C1CCC1. The van der Waals surface area contributed by atoms with Gasteiger partial charge >= 0.3 is 6.03 Å². The Hall–Kier alpha value is -2.53. The first-order valence-electron chi connectivity index (χ1n) is 8.45. The number of hydrogen-bond donors (Lipinski definition) is 1. The topological polar surface area (TPSA) is 49.6 Å². The molecule has 128 valence electrons. The van der Waals surface area contributed by atoms with E-state index in [1.54, 1.807) is 12.1 Å².